The number of quaternary nitrogens is 2. The largest absolute Gasteiger partial charge is 0.350 e. The molecule has 0 aliphatic carbocycles. The van der Waals surface area contributed by atoms with Crippen LogP contribution >= 0.6 is 0 Å². The molecule has 0 atom stereocenters. The van der Waals surface area contributed by atoms with Gasteiger partial charge in [-0.1, -0.05) is 0 Å². The maximum absolute atomic E-state index is 11.6. The van der Waals surface area contributed by atoms with E-state index >= 15 is 0 Å². The van der Waals surface area contributed by atoms with Crippen LogP contribution in [0.25, 0.3) is 0 Å². The van der Waals surface area contributed by atoms with Crippen LogP contribution in [0.5, 0.6) is 0 Å². The summed E-state index contributed by atoms with van der Waals surface area (Å²) in [7, 11) is 12.6. The fraction of sp³-hybridized carbons (Fsp3) is 0.875. The standard InChI is InChI=1S/C16H34N4O2/c1-19(2,3)13-11-17-15(21)9-7-8-10-16(22)18-12-14-20(4,5)6/h7-14H2,1-6H3/p+2. The molecule has 0 spiro atoms. The Hall–Kier alpha value is -1.14. The highest BCUT2D eigenvalue weighted by Gasteiger charge is 2.09. The minimum atomic E-state index is 0.0823. The quantitative estimate of drug-likeness (QED) is 0.422. The molecule has 0 fully saturated rings. The predicted octanol–water partition coefficient (Wildman–Crippen LogP) is 0.192. The minimum Gasteiger partial charge on any atom is -0.350 e. The van der Waals surface area contributed by atoms with Crippen LogP contribution in [0, 0.1) is 0 Å². The number of carbonyl (C=O) groups excluding carboxylic acids is 2. The van der Waals surface area contributed by atoms with E-state index in [9.17, 15) is 9.59 Å². The lowest BCUT2D eigenvalue weighted by Gasteiger charge is -2.23. The second kappa shape index (κ2) is 9.79. The van der Waals surface area contributed by atoms with Crippen molar-refractivity contribution in [1.29, 1.82) is 0 Å². The van der Waals surface area contributed by atoms with Crippen LogP contribution in [0.2, 0.25) is 0 Å². The first-order valence-electron chi connectivity index (χ1n) is 8.14. The van der Waals surface area contributed by atoms with Gasteiger partial charge in [-0.3, -0.25) is 9.59 Å². The highest BCUT2D eigenvalue weighted by molar-refractivity contribution is 5.77. The number of carbonyl (C=O) groups is 2. The number of unbranched alkanes of at least 4 members (excludes halogenated alkanes) is 1. The van der Waals surface area contributed by atoms with E-state index in [1.54, 1.807) is 0 Å². The van der Waals surface area contributed by atoms with E-state index in [0.29, 0.717) is 25.9 Å². The molecule has 0 aliphatic rings. The monoisotopic (exact) mass is 316 g/mol. The van der Waals surface area contributed by atoms with Crippen LogP contribution in [0.15, 0.2) is 0 Å². The molecule has 0 saturated heterocycles. The number of amides is 2. The van der Waals surface area contributed by atoms with Gasteiger partial charge in [0.15, 0.2) is 0 Å². The Kier molecular flexibility index (Phi) is 9.28. The number of likely N-dealkylation sites (N-methyl/N-ethyl adjacent to an activating group) is 2. The van der Waals surface area contributed by atoms with Crippen molar-refractivity contribution in [1.82, 2.24) is 10.6 Å². The number of rotatable bonds is 11. The fourth-order valence-corrected chi connectivity index (χ4v) is 1.81. The summed E-state index contributed by atoms with van der Waals surface area (Å²) in [6.45, 7) is 3.24. The van der Waals surface area contributed by atoms with Crippen molar-refractivity contribution >= 4 is 11.8 Å². The molecule has 0 saturated carbocycles. The highest BCUT2D eigenvalue weighted by atomic mass is 16.2. The molecule has 2 N–H and O–H groups in total. The average Bonchev–Trinajstić information content (AvgIpc) is 2.31. The average molecular weight is 316 g/mol. The van der Waals surface area contributed by atoms with Gasteiger partial charge in [0.1, 0.15) is 0 Å². The Morgan fingerprint density at radius 1 is 0.682 bits per heavy atom. The van der Waals surface area contributed by atoms with E-state index in [0.717, 1.165) is 34.9 Å². The van der Waals surface area contributed by atoms with Gasteiger partial charge in [-0.05, 0) is 12.8 Å². The first-order chi connectivity index (χ1) is 9.99. The van der Waals surface area contributed by atoms with E-state index in [1.807, 2.05) is 0 Å². The molecule has 22 heavy (non-hydrogen) atoms. The minimum absolute atomic E-state index is 0.0823. The lowest BCUT2D eigenvalue weighted by molar-refractivity contribution is -0.869. The van der Waals surface area contributed by atoms with E-state index < -0.39 is 0 Å². The fourth-order valence-electron chi connectivity index (χ4n) is 1.81. The van der Waals surface area contributed by atoms with Gasteiger partial charge in [-0.15, -0.1) is 0 Å². The molecule has 0 aliphatic heterocycles. The molecule has 0 rings (SSSR count). The summed E-state index contributed by atoms with van der Waals surface area (Å²) in [5.41, 5.74) is 0. The SMILES string of the molecule is C[N+](C)(C)CCNC(=O)CCCCC(=O)NCC[N+](C)(C)C. The lowest BCUT2D eigenvalue weighted by atomic mass is 10.2. The molecule has 6 heteroatoms. The zero-order valence-electron chi connectivity index (χ0n) is 15.4. The van der Waals surface area contributed by atoms with Crippen molar-refractivity contribution in [2.24, 2.45) is 0 Å². The molecule has 0 aromatic heterocycles. The van der Waals surface area contributed by atoms with Crippen LogP contribution in [-0.2, 0) is 9.59 Å². The van der Waals surface area contributed by atoms with Gasteiger partial charge in [-0.25, -0.2) is 0 Å². The predicted molar refractivity (Wildman–Crippen MR) is 90.3 cm³/mol. The zero-order chi connectivity index (χ0) is 17.2. The number of hydrogen-bond donors (Lipinski definition) is 2. The normalized spacial score (nSPS) is 12.1. The van der Waals surface area contributed by atoms with Gasteiger partial charge >= 0.3 is 0 Å². The van der Waals surface area contributed by atoms with Crippen molar-refractivity contribution in [2.45, 2.75) is 25.7 Å². The number of hydrogen-bond acceptors (Lipinski definition) is 2. The molecular weight excluding hydrogens is 280 g/mol. The van der Waals surface area contributed by atoms with Gasteiger partial charge in [0.05, 0.1) is 68.5 Å². The van der Waals surface area contributed by atoms with E-state index in [-0.39, 0.29) is 11.8 Å². The van der Waals surface area contributed by atoms with E-state index in [2.05, 4.69) is 52.9 Å². The van der Waals surface area contributed by atoms with Crippen molar-refractivity contribution in [3.63, 3.8) is 0 Å². The molecule has 0 unspecified atom stereocenters. The van der Waals surface area contributed by atoms with Crippen molar-refractivity contribution in [3.05, 3.63) is 0 Å². The molecule has 0 heterocycles. The molecule has 0 aromatic carbocycles. The molecule has 2 amide bonds. The third kappa shape index (κ3) is 15.3. The van der Waals surface area contributed by atoms with Crippen LogP contribution in [0.1, 0.15) is 25.7 Å². The van der Waals surface area contributed by atoms with Gasteiger partial charge in [0.25, 0.3) is 0 Å². The van der Waals surface area contributed by atoms with Crippen molar-refractivity contribution in [2.75, 3.05) is 68.5 Å². The van der Waals surface area contributed by atoms with Crippen molar-refractivity contribution < 1.29 is 18.6 Å². The summed E-state index contributed by atoms with van der Waals surface area (Å²) in [5.74, 6) is 0.165. The summed E-state index contributed by atoms with van der Waals surface area (Å²) in [6.07, 6.45) is 2.53. The first-order valence-corrected chi connectivity index (χ1v) is 8.14. The third-order valence-corrected chi connectivity index (χ3v) is 3.27. The zero-order valence-corrected chi connectivity index (χ0v) is 15.4. The second-order valence-corrected chi connectivity index (χ2v) is 7.93. The molecule has 6 nitrogen and oxygen atoms in total. The van der Waals surface area contributed by atoms with Crippen molar-refractivity contribution in [3.8, 4) is 0 Å². The van der Waals surface area contributed by atoms with Gasteiger partial charge < -0.3 is 19.6 Å². The van der Waals surface area contributed by atoms with Gasteiger partial charge in [-0.2, -0.15) is 0 Å². The topological polar surface area (TPSA) is 58.2 Å². The van der Waals surface area contributed by atoms with Crippen LogP contribution in [0.4, 0.5) is 0 Å². The molecule has 0 radical (unpaired) electrons. The van der Waals surface area contributed by atoms with E-state index in [4.69, 9.17) is 0 Å². The summed E-state index contributed by atoms with van der Waals surface area (Å²) in [4.78, 5) is 23.3. The number of nitrogens with zero attached hydrogens (tertiary/aromatic N) is 2. The smallest absolute Gasteiger partial charge is 0.220 e. The first kappa shape index (κ1) is 20.9. The molecule has 0 bridgehead atoms. The summed E-state index contributed by atoms with van der Waals surface area (Å²) in [5, 5.41) is 5.84. The molecule has 130 valence electrons. The maximum Gasteiger partial charge on any atom is 0.220 e. The van der Waals surface area contributed by atoms with Crippen LogP contribution in [-0.4, -0.2) is 89.2 Å². The van der Waals surface area contributed by atoms with Gasteiger partial charge in [0, 0.05) is 12.8 Å². The summed E-state index contributed by atoms with van der Waals surface area (Å²) < 4.78 is 1.68. The Morgan fingerprint density at radius 2 is 1.00 bits per heavy atom. The molecular formula is C16H36N4O2+2. The summed E-state index contributed by atoms with van der Waals surface area (Å²) >= 11 is 0. The Bertz CT molecular complexity index is 309. The Labute approximate surface area is 136 Å². The highest BCUT2D eigenvalue weighted by Crippen LogP contribution is 2.00. The third-order valence-electron chi connectivity index (χ3n) is 3.27. The molecule has 0 aromatic rings. The van der Waals surface area contributed by atoms with E-state index in [1.165, 1.54) is 0 Å². The van der Waals surface area contributed by atoms with Crippen LogP contribution in [0.3, 0.4) is 0 Å². The maximum atomic E-state index is 11.6. The summed E-state index contributed by atoms with van der Waals surface area (Å²) in [6, 6.07) is 0. The lowest BCUT2D eigenvalue weighted by Crippen LogP contribution is -2.42. The number of nitrogens with one attached hydrogen (secondary N) is 2. The van der Waals surface area contributed by atoms with Crippen LogP contribution < -0.4 is 10.6 Å². The second-order valence-electron chi connectivity index (χ2n) is 7.93. The Morgan fingerprint density at radius 3 is 1.27 bits per heavy atom. The Balaban J connectivity index is 3.55. The van der Waals surface area contributed by atoms with Gasteiger partial charge in [0.2, 0.25) is 11.8 Å².